The third-order valence-corrected chi connectivity index (χ3v) is 8.61. The first kappa shape index (κ1) is 20.9. The molecule has 3 atom stereocenters. The summed E-state index contributed by atoms with van der Waals surface area (Å²) < 4.78 is 0. The van der Waals surface area contributed by atoms with Crippen LogP contribution in [-0.2, 0) is 15.1 Å². The number of thiophene rings is 1. The lowest BCUT2D eigenvalue weighted by Gasteiger charge is -2.48. The van der Waals surface area contributed by atoms with E-state index in [0.717, 1.165) is 17.0 Å². The van der Waals surface area contributed by atoms with E-state index >= 15 is 0 Å². The first-order valence-corrected chi connectivity index (χ1v) is 12.7. The number of piperidine rings is 1. The Labute approximate surface area is 195 Å². The summed E-state index contributed by atoms with van der Waals surface area (Å²) in [6.45, 7) is 0.944. The highest BCUT2D eigenvalue weighted by atomic mass is 35.5. The van der Waals surface area contributed by atoms with Crippen molar-refractivity contribution < 1.29 is 9.59 Å². The molecule has 31 heavy (non-hydrogen) atoms. The summed E-state index contributed by atoms with van der Waals surface area (Å²) in [5, 5.41) is 7.12. The predicted molar refractivity (Wildman–Crippen MR) is 126 cm³/mol. The highest BCUT2D eigenvalue weighted by Gasteiger charge is 2.52. The number of benzene rings is 1. The normalized spacial score (nSPS) is 28.1. The van der Waals surface area contributed by atoms with Gasteiger partial charge in [-0.15, -0.1) is 11.8 Å². The number of thioether (sulfide) groups is 1. The maximum atomic E-state index is 13.4. The Kier molecular flexibility index (Phi) is 5.71. The average Bonchev–Trinajstić information content (AvgIpc) is 3.40. The maximum absolute atomic E-state index is 13.4. The number of ketones is 1. The summed E-state index contributed by atoms with van der Waals surface area (Å²) in [7, 11) is 0. The van der Waals surface area contributed by atoms with Crippen LogP contribution in [-0.4, -0.2) is 34.4 Å². The van der Waals surface area contributed by atoms with Gasteiger partial charge in [0.1, 0.15) is 5.25 Å². The molecule has 1 saturated carbocycles. The molecule has 3 unspecified atom stereocenters. The molecular weight excluding hydrogens is 448 g/mol. The van der Waals surface area contributed by atoms with Crippen molar-refractivity contribution >= 4 is 46.4 Å². The first-order valence-electron chi connectivity index (χ1n) is 10.5. The number of allylic oxidation sites excluding steroid dienone is 2. The number of amides is 1. The van der Waals surface area contributed by atoms with E-state index < -0.39 is 10.8 Å². The zero-order valence-corrected chi connectivity index (χ0v) is 19.3. The third kappa shape index (κ3) is 4.09. The Morgan fingerprint density at radius 2 is 2.03 bits per heavy atom. The van der Waals surface area contributed by atoms with E-state index in [1.165, 1.54) is 24.6 Å². The van der Waals surface area contributed by atoms with Gasteiger partial charge < -0.3 is 10.2 Å². The molecule has 1 aromatic carbocycles. The van der Waals surface area contributed by atoms with Gasteiger partial charge in [-0.3, -0.25) is 9.59 Å². The van der Waals surface area contributed by atoms with Gasteiger partial charge in [-0.2, -0.15) is 11.3 Å². The van der Waals surface area contributed by atoms with E-state index in [9.17, 15) is 9.59 Å². The monoisotopic (exact) mass is 470 g/mol. The fraction of sp³-hybridized carbons (Fsp3) is 0.333. The number of carbonyl (C=O) groups excluding carboxylic acids is 2. The van der Waals surface area contributed by atoms with Crippen LogP contribution in [0.3, 0.4) is 0 Å². The molecule has 1 N–H and O–H groups in total. The highest BCUT2D eigenvalue weighted by Crippen LogP contribution is 2.43. The average molecular weight is 471 g/mol. The Morgan fingerprint density at radius 1 is 1.19 bits per heavy atom. The van der Waals surface area contributed by atoms with Crippen molar-refractivity contribution in [3.05, 3.63) is 76.1 Å². The summed E-state index contributed by atoms with van der Waals surface area (Å²) >= 11 is 9.11. The van der Waals surface area contributed by atoms with Gasteiger partial charge in [0.05, 0.1) is 16.6 Å². The molecule has 4 nitrogen and oxygen atoms in total. The van der Waals surface area contributed by atoms with E-state index in [2.05, 4.69) is 27.9 Å². The smallest absolute Gasteiger partial charge is 0.241 e. The number of hydrogen-bond donors (Lipinski definition) is 1. The van der Waals surface area contributed by atoms with Crippen LogP contribution in [0.25, 0.3) is 0 Å². The maximum Gasteiger partial charge on any atom is 0.241 e. The largest absolute Gasteiger partial charge is 0.368 e. The van der Waals surface area contributed by atoms with Crippen molar-refractivity contribution in [3.63, 3.8) is 0 Å². The van der Waals surface area contributed by atoms with Gasteiger partial charge in [0, 0.05) is 17.9 Å². The van der Waals surface area contributed by atoms with Gasteiger partial charge in [0.15, 0.2) is 5.78 Å². The van der Waals surface area contributed by atoms with Gasteiger partial charge in [-0.1, -0.05) is 35.9 Å². The fourth-order valence-electron chi connectivity index (χ4n) is 4.42. The molecule has 0 bridgehead atoms. The molecule has 1 amide bonds. The second kappa shape index (κ2) is 8.49. The Bertz CT molecular complexity index is 1030. The number of Topliss-reactive ketones (excluding diaryl/α,β-unsaturated/α-hetero) is 1. The molecule has 0 radical (unpaired) electrons. The summed E-state index contributed by atoms with van der Waals surface area (Å²) in [5.41, 5.74) is 0.216. The lowest BCUT2D eigenvalue weighted by molar-refractivity contribution is -0.135. The van der Waals surface area contributed by atoms with Gasteiger partial charge in [-0.05, 0) is 65.6 Å². The van der Waals surface area contributed by atoms with Crippen molar-refractivity contribution in [1.29, 1.82) is 0 Å². The molecule has 1 saturated heterocycles. The standard InChI is InChI=1S/C24H23ClN2O2S2/c25-18-5-1-2-6-20(18)31-22-19(28)13-24(26-23(22)29,17-10-12-30-15-17)21-7-3-4-11-27(21)14-16-8-9-16/h1-7,10-12,15-16,21-22H,8-9,13-14H2,(H,26,29). The SMILES string of the molecule is O=C1CC(c2ccsc2)(C2C=CC=CN2CC2CC2)NC(=O)C1Sc1ccccc1Cl. The minimum Gasteiger partial charge on any atom is -0.368 e. The van der Waals surface area contributed by atoms with Crippen molar-refractivity contribution in [2.75, 3.05) is 6.54 Å². The molecule has 1 aliphatic carbocycles. The molecule has 0 spiro atoms. The second-order valence-electron chi connectivity index (χ2n) is 8.36. The van der Waals surface area contributed by atoms with Crippen LogP contribution in [0.15, 0.2) is 70.4 Å². The predicted octanol–water partition coefficient (Wildman–Crippen LogP) is 5.01. The second-order valence-corrected chi connectivity index (χ2v) is 10.7. The molecule has 2 aromatic rings. The topological polar surface area (TPSA) is 49.4 Å². The summed E-state index contributed by atoms with van der Waals surface area (Å²) in [6, 6.07) is 9.26. The molecule has 2 fully saturated rings. The molecule has 3 aliphatic rings. The van der Waals surface area contributed by atoms with E-state index in [1.807, 2.05) is 41.8 Å². The summed E-state index contributed by atoms with van der Waals surface area (Å²) in [5.74, 6) is 0.382. The van der Waals surface area contributed by atoms with Crippen LogP contribution in [0.1, 0.15) is 24.8 Å². The van der Waals surface area contributed by atoms with Gasteiger partial charge in [-0.25, -0.2) is 0 Å². The number of nitrogens with zero attached hydrogens (tertiary/aromatic N) is 1. The molecule has 5 rings (SSSR count). The van der Waals surface area contributed by atoms with Gasteiger partial charge in [0.2, 0.25) is 5.91 Å². The van der Waals surface area contributed by atoms with Crippen molar-refractivity contribution in [1.82, 2.24) is 10.2 Å². The van der Waals surface area contributed by atoms with Crippen LogP contribution in [0, 0.1) is 5.92 Å². The van der Waals surface area contributed by atoms with Crippen LogP contribution in [0.4, 0.5) is 0 Å². The van der Waals surface area contributed by atoms with E-state index in [0.29, 0.717) is 10.9 Å². The Hall–Kier alpha value is -2.02. The van der Waals surface area contributed by atoms with E-state index in [4.69, 9.17) is 11.6 Å². The van der Waals surface area contributed by atoms with Crippen molar-refractivity contribution in [2.45, 2.75) is 41.0 Å². The molecule has 7 heteroatoms. The minimum atomic E-state index is -0.799. The summed E-state index contributed by atoms with van der Waals surface area (Å²) in [4.78, 5) is 29.8. The van der Waals surface area contributed by atoms with Crippen LogP contribution >= 0.6 is 34.7 Å². The number of hydrogen-bond acceptors (Lipinski definition) is 5. The summed E-state index contributed by atoms with van der Waals surface area (Å²) in [6.07, 6.45) is 11.0. The highest BCUT2D eigenvalue weighted by molar-refractivity contribution is 8.01. The van der Waals surface area contributed by atoms with Crippen LogP contribution in [0.2, 0.25) is 5.02 Å². The quantitative estimate of drug-likeness (QED) is 0.603. The lowest BCUT2D eigenvalue weighted by Crippen LogP contribution is -2.65. The fourth-order valence-corrected chi connectivity index (χ4v) is 6.41. The molecule has 160 valence electrons. The minimum absolute atomic E-state index is 0.0609. The van der Waals surface area contributed by atoms with Crippen molar-refractivity contribution in [2.24, 2.45) is 5.92 Å². The number of halogens is 1. The zero-order valence-electron chi connectivity index (χ0n) is 16.9. The van der Waals surface area contributed by atoms with Crippen LogP contribution in [0.5, 0.6) is 0 Å². The number of nitrogens with one attached hydrogen (secondary N) is 1. The first-order chi connectivity index (χ1) is 15.1. The van der Waals surface area contributed by atoms with Crippen LogP contribution < -0.4 is 5.32 Å². The number of rotatable bonds is 6. The molecular formula is C24H23ClN2O2S2. The van der Waals surface area contributed by atoms with Gasteiger partial charge in [0.25, 0.3) is 0 Å². The third-order valence-electron chi connectivity index (χ3n) is 6.16. The van der Waals surface area contributed by atoms with E-state index in [-0.39, 0.29) is 24.2 Å². The van der Waals surface area contributed by atoms with Gasteiger partial charge >= 0.3 is 0 Å². The van der Waals surface area contributed by atoms with E-state index in [1.54, 1.807) is 17.4 Å². The molecule has 2 aliphatic heterocycles. The molecule has 1 aromatic heterocycles. The van der Waals surface area contributed by atoms with Crippen molar-refractivity contribution in [3.8, 4) is 0 Å². The molecule has 3 heterocycles. The Morgan fingerprint density at radius 3 is 2.74 bits per heavy atom. The lowest BCUT2D eigenvalue weighted by atomic mass is 9.75. The zero-order chi connectivity index (χ0) is 21.4. The number of carbonyl (C=O) groups is 2. The Balaban J connectivity index is 1.47.